The number of ether oxygens (including phenoxy) is 1. The molecule has 9 nitrogen and oxygen atoms in total. The minimum Gasteiger partial charge on any atom is -0.497 e. The number of hydrogen-bond donors (Lipinski definition) is 3. The normalized spacial score (nSPS) is 33.5. The Bertz CT molecular complexity index is 999. The molecule has 3 N–H and O–H groups in total. The molecule has 5 rings (SSSR count). The van der Waals surface area contributed by atoms with Gasteiger partial charge in [-0.15, -0.1) is 0 Å². The van der Waals surface area contributed by atoms with Crippen molar-refractivity contribution in [3.05, 3.63) is 36.4 Å². The van der Waals surface area contributed by atoms with Gasteiger partial charge >= 0.3 is 0 Å². The van der Waals surface area contributed by atoms with Crippen molar-refractivity contribution in [1.29, 1.82) is 0 Å². The number of nitrogens with one attached hydrogen (secondary N) is 3. The number of amidine groups is 1. The van der Waals surface area contributed by atoms with E-state index in [-0.39, 0.29) is 41.9 Å². The number of methoxy groups -OCH3 is 1. The van der Waals surface area contributed by atoms with Crippen LogP contribution in [0.2, 0.25) is 0 Å². The number of guanidine groups is 1. The van der Waals surface area contributed by atoms with E-state index in [0.29, 0.717) is 5.96 Å². The predicted molar refractivity (Wildman–Crippen MR) is 121 cm³/mol. The second-order valence-electron chi connectivity index (χ2n) is 8.51. The van der Waals surface area contributed by atoms with E-state index in [9.17, 15) is 4.79 Å². The third kappa shape index (κ3) is 3.54. The van der Waals surface area contributed by atoms with Crippen LogP contribution in [0.4, 0.5) is 5.69 Å². The molecule has 1 fully saturated rings. The molecular weight excluding hydrogens is 394 g/mol. The molecule has 31 heavy (non-hydrogen) atoms. The van der Waals surface area contributed by atoms with Crippen LogP contribution in [0.3, 0.4) is 0 Å². The van der Waals surface area contributed by atoms with Gasteiger partial charge in [0.1, 0.15) is 17.6 Å². The van der Waals surface area contributed by atoms with Gasteiger partial charge in [0, 0.05) is 31.8 Å². The monoisotopic (exact) mass is 421 g/mol. The summed E-state index contributed by atoms with van der Waals surface area (Å²) in [4.78, 5) is 28.8. The van der Waals surface area contributed by atoms with E-state index in [1.54, 1.807) is 18.3 Å². The van der Waals surface area contributed by atoms with Gasteiger partial charge in [0.25, 0.3) is 0 Å². The van der Waals surface area contributed by atoms with Gasteiger partial charge in [-0.25, -0.2) is 9.98 Å². The maximum Gasteiger partial charge on any atom is 0.227 e. The number of carbonyl (C=O) groups excluding carboxylic acids is 1. The zero-order valence-electron chi connectivity index (χ0n) is 17.8. The molecule has 1 saturated carbocycles. The maximum absolute atomic E-state index is 12.9. The van der Waals surface area contributed by atoms with Crippen molar-refractivity contribution in [3.63, 3.8) is 0 Å². The lowest BCUT2D eigenvalue weighted by Gasteiger charge is -2.31. The van der Waals surface area contributed by atoms with Crippen molar-refractivity contribution in [2.24, 2.45) is 32.7 Å². The Hall–Kier alpha value is -3.36. The summed E-state index contributed by atoms with van der Waals surface area (Å²) < 4.78 is 5.31. The summed E-state index contributed by atoms with van der Waals surface area (Å²) in [6.07, 6.45) is 6.74. The Morgan fingerprint density at radius 2 is 2.13 bits per heavy atom. The topological polar surface area (TPSA) is 103 Å². The SMILES string of the molecule is COc1cccc(NC2=NC3N=CNC3C(=NC3C4C=CC(C4)C3C(=O)N(C)C)N2)c1. The molecule has 1 amide bonds. The number of hydrogen-bond acceptors (Lipinski definition) is 7. The molecule has 0 saturated heterocycles. The summed E-state index contributed by atoms with van der Waals surface area (Å²) in [5, 5.41) is 9.88. The van der Waals surface area contributed by atoms with E-state index in [4.69, 9.17) is 9.73 Å². The summed E-state index contributed by atoms with van der Waals surface area (Å²) in [5.74, 6) is 2.62. The second kappa shape index (κ2) is 7.72. The largest absolute Gasteiger partial charge is 0.497 e. The second-order valence-corrected chi connectivity index (χ2v) is 8.51. The van der Waals surface area contributed by atoms with Gasteiger partial charge in [0.2, 0.25) is 11.9 Å². The standard InChI is InChI=1S/C22H27N7O2/c1-29(2)21(30)16-12-7-8-13(9-12)17(16)26-20-18-19(24-11-23-18)27-22(28-20)25-14-5-4-6-15(10-14)31-3/h4-8,10-13,16-19H,9H2,1-3H3,(H,23,24)(H2,25,26,27,28). The van der Waals surface area contributed by atoms with Gasteiger partial charge in [-0.3, -0.25) is 9.79 Å². The van der Waals surface area contributed by atoms with E-state index in [1.807, 2.05) is 38.4 Å². The summed E-state index contributed by atoms with van der Waals surface area (Å²) in [7, 11) is 5.26. The highest BCUT2D eigenvalue weighted by molar-refractivity contribution is 6.10. The highest BCUT2D eigenvalue weighted by Gasteiger charge is 2.49. The van der Waals surface area contributed by atoms with Crippen molar-refractivity contribution >= 4 is 29.7 Å². The molecule has 162 valence electrons. The lowest BCUT2D eigenvalue weighted by Crippen LogP contribution is -2.55. The Kier molecular flexibility index (Phi) is 4.88. The number of anilines is 1. The zero-order valence-corrected chi connectivity index (χ0v) is 17.8. The van der Waals surface area contributed by atoms with Crippen LogP contribution in [-0.4, -0.2) is 68.4 Å². The van der Waals surface area contributed by atoms with Crippen LogP contribution in [0.15, 0.2) is 51.4 Å². The Labute approximate surface area is 181 Å². The van der Waals surface area contributed by atoms with Crippen LogP contribution in [0.25, 0.3) is 0 Å². The first kappa shape index (κ1) is 19.6. The van der Waals surface area contributed by atoms with Crippen molar-refractivity contribution in [1.82, 2.24) is 15.5 Å². The van der Waals surface area contributed by atoms with Gasteiger partial charge in [-0.05, 0) is 24.5 Å². The number of nitrogens with zero attached hydrogens (tertiary/aromatic N) is 4. The number of aliphatic imine (C=N–C) groups is 3. The molecular formula is C22H27N7O2. The number of fused-ring (bicyclic) bond motifs is 3. The van der Waals surface area contributed by atoms with E-state index < -0.39 is 0 Å². The number of carbonyl (C=O) groups is 1. The zero-order chi connectivity index (χ0) is 21.5. The molecule has 2 aliphatic carbocycles. The number of amides is 1. The van der Waals surface area contributed by atoms with Crippen LogP contribution in [0, 0.1) is 17.8 Å². The molecule has 0 radical (unpaired) electrons. The van der Waals surface area contributed by atoms with Crippen LogP contribution in [0.1, 0.15) is 6.42 Å². The Morgan fingerprint density at radius 1 is 1.29 bits per heavy atom. The molecule has 2 aliphatic heterocycles. The Morgan fingerprint density at radius 3 is 2.94 bits per heavy atom. The number of benzene rings is 1. The van der Waals surface area contributed by atoms with Crippen molar-refractivity contribution in [2.45, 2.75) is 24.7 Å². The highest BCUT2D eigenvalue weighted by atomic mass is 16.5. The van der Waals surface area contributed by atoms with Crippen LogP contribution >= 0.6 is 0 Å². The number of rotatable bonds is 4. The molecule has 2 heterocycles. The van der Waals surface area contributed by atoms with E-state index in [2.05, 4.69) is 38.1 Å². The molecule has 1 aromatic rings. The van der Waals surface area contributed by atoms with Crippen LogP contribution in [-0.2, 0) is 4.79 Å². The van der Waals surface area contributed by atoms with Gasteiger partial charge in [-0.2, -0.15) is 0 Å². The third-order valence-corrected chi connectivity index (χ3v) is 6.35. The molecule has 0 spiro atoms. The van der Waals surface area contributed by atoms with E-state index >= 15 is 0 Å². The maximum atomic E-state index is 12.9. The quantitative estimate of drug-likeness (QED) is 0.631. The van der Waals surface area contributed by atoms with Gasteiger partial charge in [0.15, 0.2) is 6.17 Å². The molecule has 0 aromatic heterocycles. The molecule has 6 atom stereocenters. The van der Waals surface area contributed by atoms with Gasteiger partial charge in [0.05, 0.1) is 25.4 Å². The molecule has 9 heteroatoms. The molecule has 6 unspecified atom stereocenters. The average Bonchev–Trinajstić information content (AvgIpc) is 3.49. The fraction of sp³-hybridized carbons (Fsp3) is 0.455. The Balaban J connectivity index is 1.42. The first-order valence-electron chi connectivity index (χ1n) is 10.5. The fourth-order valence-electron chi connectivity index (χ4n) is 4.84. The average molecular weight is 422 g/mol. The van der Waals surface area contributed by atoms with Crippen molar-refractivity contribution in [3.8, 4) is 5.75 Å². The summed E-state index contributed by atoms with van der Waals surface area (Å²) in [6, 6.07) is 7.39. The van der Waals surface area contributed by atoms with Crippen LogP contribution in [0.5, 0.6) is 5.75 Å². The molecule has 4 aliphatic rings. The summed E-state index contributed by atoms with van der Waals surface area (Å²) in [6.45, 7) is 0. The summed E-state index contributed by atoms with van der Waals surface area (Å²) >= 11 is 0. The predicted octanol–water partition coefficient (Wildman–Crippen LogP) is 1.07. The minimum absolute atomic E-state index is 0.0911. The third-order valence-electron chi connectivity index (χ3n) is 6.35. The smallest absolute Gasteiger partial charge is 0.227 e. The van der Waals surface area contributed by atoms with Crippen LogP contribution < -0.4 is 20.7 Å². The molecule has 2 bridgehead atoms. The fourth-order valence-corrected chi connectivity index (χ4v) is 4.84. The van der Waals surface area contributed by atoms with E-state index in [1.165, 1.54) is 0 Å². The lowest BCUT2D eigenvalue weighted by atomic mass is 9.88. The first-order valence-corrected chi connectivity index (χ1v) is 10.5. The van der Waals surface area contributed by atoms with Gasteiger partial charge in [-0.1, -0.05) is 18.2 Å². The molecule has 1 aromatic carbocycles. The highest BCUT2D eigenvalue weighted by Crippen LogP contribution is 2.46. The van der Waals surface area contributed by atoms with Gasteiger partial charge < -0.3 is 25.6 Å². The summed E-state index contributed by atoms with van der Waals surface area (Å²) in [5.41, 5.74) is 0.849. The first-order chi connectivity index (χ1) is 15.0. The minimum atomic E-state index is -0.301. The number of allylic oxidation sites excluding steroid dienone is 1. The lowest BCUT2D eigenvalue weighted by molar-refractivity contribution is -0.134. The van der Waals surface area contributed by atoms with Crippen molar-refractivity contribution in [2.75, 3.05) is 26.5 Å². The van der Waals surface area contributed by atoms with Crippen molar-refractivity contribution < 1.29 is 9.53 Å². The van der Waals surface area contributed by atoms with E-state index in [0.717, 1.165) is 23.7 Å².